The second kappa shape index (κ2) is 14.2. The standard InChI is InChI=1S/C56H32N4O2S/c1-2-14-43(37(12-1)36-11-10-30-57-32-36)56-59-54(58-55(60-56)35-26-27-40-39-13-3-6-18-46(39)61-48(40)31-35)34-24-22-33(23-25-34)38-28-29-42(52-44-15-4-7-19-47(44)62-53(38)52)41-17-9-21-50-51(41)45-16-5-8-20-49(45)63-50/h1-32H. The third-order valence-electron chi connectivity index (χ3n) is 12.1. The predicted octanol–water partition coefficient (Wildman–Crippen LogP) is 15.4. The highest BCUT2D eigenvalue weighted by Crippen LogP contribution is 2.46. The number of pyridine rings is 1. The molecule has 0 saturated heterocycles. The quantitative estimate of drug-likeness (QED) is 0.166. The van der Waals surface area contributed by atoms with E-state index >= 15 is 0 Å². The average Bonchev–Trinajstić information content (AvgIpc) is 4.05. The molecule has 0 aliphatic carbocycles. The van der Waals surface area contributed by atoms with Crippen LogP contribution < -0.4 is 0 Å². The smallest absolute Gasteiger partial charge is 0.164 e. The zero-order chi connectivity index (χ0) is 41.4. The summed E-state index contributed by atoms with van der Waals surface area (Å²) in [5.41, 5.74) is 12.3. The SMILES string of the molecule is c1cncc(-c2ccccc2-c2nc(-c3ccc(-c4ccc(-c5cccc6sc7ccccc7c56)c5c4oc4ccccc45)cc3)nc(-c3ccc4c(c3)oc3ccccc34)n2)c1. The molecule has 0 spiro atoms. The van der Waals surface area contributed by atoms with Crippen molar-refractivity contribution in [2.24, 2.45) is 0 Å². The normalized spacial score (nSPS) is 11.8. The number of hydrogen-bond donors (Lipinski definition) is 0. The predicted molar refractivity (Wildman–Crippen MR) is 258 cm³/mol. The number of furan rings is 2. The van der Waals surface area contributed by atoms with E-state index in [1.54, 1.807) is 6.20 Å². The van der Waals surface area contributed by atoms with Crippen LogP contribution in [0.15, 0.2) is 203 Å². The summed E-state index contributed by atoms with van der Waals surface area (Å²) in [5, 5.41) is 6.87. The lowest BCUT2D eigenvalue weighted by Crippen LogP contribution is -2.01. The molecule has 0 aliphatic heterocycles. The zero-order valence-electron chi connectivity index (χ0n) is 33.5. The number of thiophene rings is 1. The molecule has 5 aromatic heterocycles. The van der Waals surface area contributed by atoms with Crippen LogP contribution in [0, 0.1) is 0 Å². The van der Waals surface area contributed by atoms with Crippen molar-refractivity contribution in [1.29, 1.82) is 0 Å². The van der Waals surface area contributed by atoms with Gasteiger partial charge in [-0.25, -0.2) is 15.0 Å². The van der Waals surface area contributed by atoms with Crippen LogP contribution >= 0.6 is 11.3 Å². The van der Waals surface area contributed by atoms with Gasteiger partial charge in [0.2, 0.25) is 0 Å². The zero-order valence-corrected chi connectivity index (χ0v) is 34.3. The fraction of sp³-hybridized carbons (Fsp3) is 0. The molecule has 13 aromatic rings. The number of aromatic nitrogens is 4. The van der Waals surface area contributed by atoms with Crippen molar-refractivity contribution in [2.75, 3.05) is 0 Å². The van der Waals surface area contributed by atoms with E-state index < -0.39 is 0 Å². The van der Waals surface area contributed by atoms with Crippen molar-refractivity contribution in [3.63, 3.8) is 0 Å². The van der Waals surface area contributed by atoms with E-state index in [2.05, 4.69) is 138 Å². The molecule has 0 atom stereocenters. The average molecular weight is 825 g/mol. The van der Waals surface area contributed by atoms with Crippen molar-refractivity contribution >= 4 is 75.4 Å². The van der Waals surface area contributed by atoms with Gasteiger partial charge in [0.05, 0.1) is 0 Å². The Bertz CT molecular complexity index is 3920. The summed E-state index contributed by atoms with van der Waals surface area (Å²) in [4.78, 5) is 19.8. The summed E-state index contributed by atoms with van der Waals surface area (Å²) in [5.74, 6) is 1.68. The van der Waals surface area contributed by atoms with Crippen LogP contribution in [0.25, 0.3) is 132 Å². The first-order valence-corrected chi connectivity index (χ1v) is 21.7. The number of benzene rings is 8. The summed E-state index contributed by atoms with van der Waals surface area (Å²) >= 11 is 1.84. The van der Waals surface area contributed by atoms with Gasteiger partial charge in [-0.2, -0.15) is 0 Å². The Morgan fingerprint density at radius 3 is 1.81 bits per heavy atom. The molecular weight excluding hydrogens is 793 g/mol. The first-order valence-electron chi connectivity index (χ1n) is 20.9. The summed E-state index contributed by atoms with van der Waals surface area (Å²) < 4.78 is 15.6. The van der Waals surface area contributed by atoms with E-state index in [1.807, 2.05) is 66.1 Å². The van der Waals surface area contributed by atoms with Crippen molar-refractivity contribution in [2.45, 2.75) is 0 Å². The summed E-state index contributed by atoms with van der Waals surface area (Å²) in [6.07, 6.45) is 3.65. The molecule has 0 bridgehead atoms. The van der Waals surface area contributed by atoms with Crippen LogP contribution in [-0.2, 0) is 0 Å². The number of para-hydroxylation sites is 2. The summed E-state index contributed by atoms with van der Waals surface area (Å²) in [7, 11) is 0. The Hall–Kier alpha value is -8.26. The Kier molecular flexibility index (Phi) is 7.98. The summed E-state index contributed by atoms with van der Waals surface area (Å²) in [6, 6.07) is 63.0. The van der Waals surface area contributed by atoms with Crippen molar-refractivity contribution in [3.05, 3.63) is 194 Å². The molecule has 0 N–H and O–H groups in total. The third-order valence-corrected chi connectivity index (χ3v) is 13.2. The molecule has 294 valence electrons. The van der Waals surface area contributed by atoms with E-state index in [0.29, 0.717) is 17.5 Å². The molecule has 0 saturated carbocycles. The molecule has 0 fully saturated rings. The van der Waals surface area contributed by atoms with Crippen molar-refractivity contribution < 1.29 is 8.83 Å². The monoisotopic (exact) mass is 824 g/mol. The largest absolute Gasteiger partial charge is 0.456 e. The molecule has 0 aliphatic rings. The lowest BCUT2D eigenvalue weighted by Gasteiger charge is -2.12. The van der Waals surface area contributed by atoms with Gasteiger partial charge in [-0.15, -0.1) is 11.3 Å². The van der Waals surface area contributed by atoms with Crippen LogP contribution in [0.3, 0.4) is 0 Å². The second-order valence-corrected chi connectivity index (χ2v) is 16.8. The third kappa shape index (κ3) is 5.78. The Balaban J connectivity index is 0.960. The van der Waals surface area contributed by atoms with Crippen LogP contribution in [0.4, 0.5) is 0 Å². The Morgan fingerprint density at radius 1 is 0.349 bits per heavy atom. The van der Waals surface area contributed by atoms with E-state index in [-0.39, 0.29) is 0 Å². The highest BCUT2D eigenvalue weighted by molar-refractivity contribution is 7.25. The number of hydrogen-bond acceptors (Lipinski definition) is 7. The Morgan fingerprint density at radius 2 is 0.968 bits per heavy atom. The molecule has 0 amide bonds. The van der Waals surface area contributed by atoms with Crippen LogP contribution in [0.1, 0.15) is 0 Å². The van der Waals surface area contributed by atoms with Crippen LogP contribution in [0.5, 0.6) is 0 Å². The molecule has 7 heteroatoms. The number of fused-ring (bicyclic) bond motifs is 9. The molecule has 6 nitrogen and oxygen atoms in total. The molecule has 0 unspecified atom stereocenters. The van der Waals surface area contributed by atoms with E-state index in [0.717, 1.165) is 88.4 Å². The fourth-order valence-corrected chi connectivity index (χ4v) is 10.3. The van der Waals surface area contributed by atoms with Gasteiger partial charge in [0.1, 0.15) is 22.3 Å². The highest BCUT2D eigenvalue weighted by Gasteiger charge is 2.21. The van der Waals surface area contributed by atoms with Gasteiger partial charge >= 0.3 is 0 Å². The highest BCUT2D eigenvalue weighted by atomic mass is 32.1. The summed E-state index contributed by atoms with van der Waals surface area (Å²) in [6.45, 7) is 0. The Labute approximate surface area is 364 Å². The van der Waals surface area contributed by atoms with Gasteiger partial charge in [0.25, 0.3) is 0 Å². The minimum Gasteiger partial charge on any atom is -0.456 e. The lowest BCUT2D eigenvalue weighted by molar-refractivity contribution is 0.669. The van der Waals surface area contributed by atoms with Gasteiger partial charge in [-0.1, -0.05) is 133 Å². The molecule has 5 heterocycles. The minimum absolute atomic E-state index is 0.551. The van der Waals surface area contributed by atoms with Crippen molar-refractivity contribution in [3.8, 4) is 67.5 Å². The molecular formula is C56H32N4O2S. The van der Waals surface area contributed by atoms with E-state index in [4.69, 9.17) is 23.8 Å². The number of nitrogens with zero attached hydrogens (tertiary/aromatic N) is 4. The first-order chi connectivity index (χ1) is 31.2. The lowest BCUT2D eigenvalue weighted by atomic mass is 9.92. The van der Waals surface area contributed by atoms with E-state index in [1.165, 1.54) is 25.7 Å². The van der Waals surface area contributed by atoms with Gasteiger partial charge in [-0.3, -0.25) is 4.98 Å². The fourth-order valence-electron chi connectivity index (χ4n) is 9.15. The molecule has 63 heavy (non-hydrogen) atoms. The van der Waals surface area contributed by atoms with E-state index in [9.17, 15) is 0 Å². The number of rotatable bonds is 6. The maximum atomic E-state index is 6.78. The van der Waals surface area contributed by atoms with Crippen molar-refractivity contribution in [1.82, 2.24) is 19.9 Å². The first kappa shape index (κ1) is 35.5. The molecule has 8 aromatic carbocycles. The maximum absolute atomic E-state index is 6.78. The second-order valence-electron chi connectivity index (χ2n) is 15.7. The van der Waals surface area contributed by atoms with Gasteiger partial charge in [-0.05, 0) is 70.8 Å². The molecule has 13 rings (SSSR count). The molecule has 0 radical (unpaired) electrons. The minimum atomic E-state index is 0.551. The van der Waals surface area contributed by atoms with Crippen LogP contribution in [-0.4, -0.2) is 19.9 Å². The van der Waals surface area contributed by atoms with Gasteiger partial charge in [0.15, 0.2) is 17.5 Å². The van der Waals surface area contributed by atoms with Gasteiger partial charge in [0, 0.05) is 81.9 Å². The van der Waals surface area contributed by atoms with Crippen LogP contribution in [0.2, 0.25) is 0 Å². The maximum Gasteiger partial charge on any atom is 0.164 e. The topological polar surface area (TPSA) is 77.8 Å². The van der Waals surface area contributed by atoms with Gasteiger partial charge < -0.3 is 8.83 Å².